The minimum absolute atomic E-state index is 0.101. The Hall–Kier alpha value is -3.30. The maximum absolute atomic E-state index is 12.6. The molecule has 0 spiro atoms. The standard InChI is InChI=1S/C18H15N5O3S/c19-4-6-26-13-1-2-16-15(7-13)14(3-5-21-16)18(25)22-9-17(24)23-11-27-10-12(23)8-20/h1-3,5,7,12H,6,9-11H2,(H,22,25). The molecule has 27 heavy (non-hydrogen) atoms. The molecule has 0 saturated carbocycles. The van der Waals surface area contributed by atoms with Crippen LogP contribution in [0.1, 0.15) is 10.4 Å². The fourth-order valence-corrected chi connectivity index (χ4v) is 3.78. The van der Waals surface area contributed by atoms with Gasteiger partial charge in [-0.1, -0.05) is 0 Å². The molecule has 1 aliphatic rings. The Balaban J connectivity index is 1.74. The molecule has 0 bridgehead atoms. The van der Waals surface area contributed by atoms with Crippen LogP contribution in [0.5, 0.6) is 5.75 Å². The SMILES string of the molecule is N#CCOc1ccc2nccc(C(=O)NCC(=O)N3CSCC3C#N)c2c1. The molecule has 0 radical (unpaired) electrons. The van der Waals surface area contributed by atoms with Crippen LogP contribution in [0, 0.1) is 22.7 Å². The number of carbonyl (C=O) groups excluding carboxylic acids is 2. The first-order valence-electron chi connectivity index (χ1n) is 8.07. The molecule has 2 heterocycles. The van der Waals surface area contributed by atoms with Crippen LogP contribution < -0.4 is 10.1 Å². The smallest absolute Gasteiger partial charge is 0.252 e. The number of carbonyl (C=O) groups is 2. The van der Waals surface area contributed by atoms with Crippen molar-refractivity contribution in [3.8, 4) is 17.9 Å². The molecule has 1 N–H and O–H groups in total. The Kier molecular flexibility index (Phi) is 5.74. The van der Waals surface area contributed by atoms with E-state index in [4.69, 9.17) is 15.3 Å². The molecule has 1 unspecified atom stereocenters. The summed E-state index contributed by atoms with van der Waals surface area (Å²) in [5.74, 6) is 0.763. The number of benzene rings is 1. The number of pyridine rings is 1. The van der Waals surface area contributed by atoms with Crippen molar-refractivity contribution in [2.75, 3.05) is 24.8 Å². The largest absolute Gasteiger partial charge is 0.479 e. The van der Waals surface area contributed by atoms with E-state index in [9.17, 15) is 9.59 Å². The summed E-state index contributed by atoms with van der Waals surface area (Å²) in [6, 6.07) is 10.1. The number of amides is 2. The Bertz CT molecular complexity index is 966. The molecule has 1 fully saturated rings. The van der Waals surface area contributed by atoms with Gasteiger partial charge in [-0.3, -0.25) is 14.6 Å². The highest BCUT2D eigenvalue weighted by molar-refractivity contribution is 7.99. The number of ether oxygens (including phenoxy) is 1. The lowest BCUT2D eigenvalue weighted by atomic mass is 10.1. The van der Waals surface area contributed by atoms with Crippen molar-refractivity contribution in [2.24, 2.45) is 0 Å². The Morgan fingerprint density at radius 3 is 3.00 bits per heavy atom. The molecule has 1 aliphatic heterocycles. The lowest BCUT2D eigenvalue weighted by Gasteiger charge is -2.18. The predicted molar refractivity (Wildman–Crippen MR) is 98.8 cm³/mol. The second kappa shape index (κ2) is 8.39. The normalized spacial score (nSPS) is 15.8. The zero-order valence-electron chi connectivity index (χ0n) is 14.2. The fourth-order valence-electron chi connectivity index (χ4n) is 2.68. The third-order valence-electron chi connectivity index (χ3n) is 4.01. The lowest BCUT2D eigenvalue weighted by Crippen LogP contribution is -2.42. The number of nitriles is 2. The summed E-state index contributed by atoms with van der Waals surface area (Å²) in [6.07, 6.45) is 1.51. The Labute approximate surface area is 159 Å². The van der Waals surface area contributed by atoms with Crippen LogP contribution in [0.25, 0.3) is 10.9 Å². The van der Waals surface area contributed by atoms with Crippen LogP contribution in [0.2, 0.25) is 0 Å². The maximum Gasteiger partial charge on any atom is 0.252 e. The van der Waals surface area contributed by atoms with Gasteiger partial charge < -0.3 is 15.0 Å². The summed E-state index contributed by atoms with van der Waals surface area (Å²) in [5, 5.41) is 20.9. The number of nitrogens with one attached hydrogen (secondary N) is 1. The van der Waals surface area contributed by atoms with E-state index in [1.165, 1.54) is 22.9 Å². The summed E-state index contributed by atoms with van der Waals surface area (Å²) in [4.78, 5) is 30.5. The number of nitrogens with zero attached hydrogens (tertiary/aromatic N) is 4. The zero-order valence-corrected chi connectivity index (χ0v) is 15.0. The molecule has 1 atom stereocenters. The van der Waals surface area contributed by atoms with Gasteiger partial charge in [0.25, 0.3) is 5.91 Å². The molecule has 9 heteroatoms. The molecule has 1 aromatic heterocycles. The average Bonchev–Trinajstić information content (AvgIpc) is 3.18. The number of fused-ring (bicyclic) bond motifs is 1. The van der Waals surface area contributed by atoms with Crippen molar-refractivity contribution in [1.29, 1.82) is 10.5 Å². The second-order valence-corrected chi connectivity index (χ2v) is 6.68. The van der Waals surface area contributed by atoms with E-state index in [0.29, 0.717) is 33.8 Å². The summed E-state index contributed by atoms with van der Waals surface area (Å²) >= 11 is 1.51. The van der Waals surface area contributed by atoms with E-state index < -0.39 is 11.9 Å². The van der Waals surface area contributed by atoms with Gasteiger partial charge in [-0.15, -0.1) is 11.8 Å². The Morgan fingerprint density at radius 1 is 1.37 bits per heavy atom. The molecular formula is C18H15N5O3S. The van der Waals surface area contributed by atoms with Gasteiger partial charge in [0.2, 0.25) is 5.91 Å². The molecule has 3 rings (SSSR count). The predicted octanol–water partition coefficient (Wildman–Crippen LogP) is 1.29. The lowest BCUT2D eigenvalue weighted by molar-refractivity contribution is -0.129. The van der Waals surface area contributed by atoms with Gasteiger partial charge >= 0.3 is 0 Å². The van der Waals surface area contributed by atoms with E-state index in [-0.39, 0.29) is 19.1 Å². The van der Waals surface area contributed by atoms with Crippen LogP contribution in [0.4, 0.5) is 0 Å². The zero-order chi connectivity index (χ0) is 19.2. The first-order valence-corrected chi connectivity index (χ1v) is 9.23. The van der Waals surface area contributed by atoms with Crippen LogP contribution in [0.15, 0.2) is 30.5 Å². The fraction of sp³-hybridized carbons (Fsp3) is 0.278. The van der Waals surface area contributed by atoms with Gasteiger partial charge in [-0.25, -0.2) is 0 Å². The van der Waals surface area contributed by atoms with Crippen molar-refractivity contribution in [1.82, 2.24) is 15.2 Å². The number of thioether (sulfide) groups is 1. The van der Waals surface area contributed by atoms with Crippen molar-refractivity contribution >= 4 is 34.5 Å². The van der Waals surface area contributed by atoms with E-state index in [1.54, 1.807) is 24.3 Å². The molecule has 1 saturated heterocycles. The summed E-state index contributed by atoms with van der Waals surface area (Å²) in [7, 11) is 0. The third-order valence-corrected chi connectivity index (χ3v) is 5.03. The van der Waals surface area contributed by atoms with E-state index >= 15 is 0 Å². The first kappa shape index (κ1) is 18.5. The number of hydrogen-bond acceptors (Lipinski definition) is 7. The minimum Gasteiger partial charge on any atom is -0.479 e. The summed E-state index contributed by atoms with van der Waals surface area (Å²) in [6.45, 7) is -0.290. The van der Waals surface area contributed by atoms with E-state index in [2.05, 4.69) is 16.4 Å². The molecule has 1 aromatic carbocycles. The van der Waals surface area contributed by atoms with E-state index in [1.807, 2.05) is 6.07 Å². The van der Waals surface area contributed by atoms with Gasteiger partial charge in [0.05, 0.1) is 29.6 Å². The van der Waals surface area contributed by atoms with Crippen molar-refractivity contribution in [3.63, 3.8) is 0 Å². The second-order valence-electron chi connectivity index (χ2n) is 5.68. The molecule has 2 amide bonds. The molecular weight excluding hydrogens is 366 g/mol. The third kappa shape index (κ3) is 4.10. The summed E-state index contributed by atoms with van der Waals surface area (Å²) in [5.41, 5.74) is 0.946. The van der Waals surface area contributed by atoms with Gasteiger partial charge in [0.15, 0.2) is 6.61 Å². The van der Waals surface area contributed by atoms with E-state index in [0.717, 1.165) is 0 Å². The Morgan fingerprint density at radius 2 is 2.22 bits per heavy atom. The number of aromatic nitrogens is 1. The highest BCUT2D eigenvalue weighted by atomic mass is 32.2. The summed E-state index contributed by atoms with van der Waals surface area (Å²) < 4.78 is 5.27. The monoisotopic (exact) mass is 381 g/mol. The van der Waals surface area contributed by atoms with Crippen LogP contribution >= 0.6 is 11.8 Å². The van der Waals surface area contributed by atoms with Crippen LogP contribution in [-0.4, -0.2) is 52.5 Å². The van der Waals surface area contributed by atoms with Gasteiger partial charge in [0, 0.05) is 17.3 Å². The maximum atomic E-state index is 12.6. The average molecular weight is 381 g/mol. The first-order chi connectivity index (χ1) is 13.1. The van der Waals surface area contributed by atoms with Gasteiger partial charge in [0.1, 0.15) is 17.9 Å². The van der Waals surface area contributed by atoms with Crippen molar-refractivity contribution in [2.45, 2.75) is 6.04 Å². The number of hydrogen-bond donors (Lipinski definition) is 1. The topological polar surface area (TPSA) is 119 Å². The van der Waals surface area contributed by atoms with Crippen LogP contribution in [0.3, 0.4) is 0 Å². The quantitative estimate of drug-likeness (QED) is 0.829. The van der Waals surface area contributed by atoms with Crippen molar-refractivity contribution in [3.05, 3.63) is 36.0 Å². The molecule has 2 aromatic rings. The number of rotatable bonds is 5. The molecule has 136 valence electrons. The highest BCUT2D eigenvalue weighted by Crippen LogP contribution is 2.23. The molecule has 8 nitrogen and oxygen atoms in total. The van der Waals surface area contributed by atoms with Gasteiger partial charge in [-0.05, 0) is 24.3 Å². The molecule has 0 aliphatic carbocycles. The minimum atomic E-state index is -0.457. The van der Waals surface area contributed by atoms with Crippen LogP contribution in [-0.2, 0) is 4.79 Å². The highest BCUT2D eigenvalue weighted by Gasteiger charge is 2.29. The van der Waals surface area contributed by atoms with Crippen molar-refractivity contribution < 1.29 is 14.3 Å². The van der Waals surface area contributed by atoms with Gasteiger partial charge in [-0.2, -0.15) is 10.5 Å².